The summed E-state index contributed by atoms with van der Waals surface area (Å²) in [5.41, 5.74) is 2.26. The van der Waals surface area contributed by atoms with Crippen LogP contribution in [0.4, 0.5) is 10.1 Å². The lowest BCUT2D eigenvalue weighted by Crippen LogP contribution is -2.49. The molecule has 3 rings (SSSR count). The van der Waals surface area contributed by atoms with Gasteiger partial charge in [0.25, 0.3) is 0 Å². The molecule has 1 fully saturated rings. The fourth-order valence-electron chi connectivity index (χ4n) is 3.52. The van der Waals surface area contributed by atoms with Gasteiger partial charge >= 0.3 is 0 Å². The number of ether oxygens (including phenoxy) is 1. The van der Waals surface area contributed by atoms with E-state index >= 15 is 0 Å². The minimum absolute atomic E-state index is 0.108. The van der Waals surface area contributed by atoms with Gasteiger partial charge in [-0.25, -0.2) is 4.39 Å². The summed E-state index contributed by atoms with van der Waals surface area (Å²) in [7, 11) is 1.54. The maximum atomic E-state index is 13.8. The molecule has 31 heavy (non-hydrogen) atoms. The molecule has 2 aromatic carbocycles. The number of benzene rings is 2. The standard InChI is InChI=1S/C23H29FN4O3/c1-17-7-8-21(31-2)20(13-17)26-22(29)14-25-23(30)16-28-11-9-27(10-12-28)15-18-5-3-4-6-19(18)24/h3-8,13H,9-12,14-16H2,1-2H3,(H,25,30)(H,26,29). The minimum Gasteiger partial charge on any atom is -0.495 e. The van der Waals surface area contributed by atoms with Crippen molar-refractivity contribution >= 4 is 17.5 Å². The molecule has 0 aliphatic carbocycles. The Morgan fingerprint density at radius 2 is 1.74 bits per heavy atom. The van der Waals surface area contributed by atoms with E-state index < -0.39 is 0 Å². The molecule has 0 aromatic heterocycles. The highest BCUT2D eigenvalue weighted by atomic mass is 19.1. The fraction of sp³-hybridized carbons (Fsp3) is 0.391. The number of carbonyl (C=O) groups excluding carboxylic acids is 2. The van der Waals surface area contributed by atoms with Crippen LogP contribution in [0, 0.1) is 12.7 Å². The first-order chi connectivity index (χ1) is 14.9. The Morgan fingerprint density at radius 1 is 1.03 bits per heavy atom. The van der Waals surface area contributed by atoms with Crippen LogP contribution in [0.5, 0.6) is 5.75 Å². The minimum atomic E-state index is -0.313. The van der Waals surface area contributed by atoms with Gasteiger partial charge in [0.1, 0.15) is 11.6 Å². The van der Waals surface area contributed by atoms with Crippen molar-refractivity contribution in [3.05, 3.63) is 59.4 Å². The van der Waals surface area contributed by atoms with Gasteiger partial charge in [-0.15, -0.1) is 0 Å². The number of amides is 2. The molecule has 0 bridgehead atoms. The Kier molecular flexibility index (Phi) is 7.97. The maximum Gasteiger partial charge on any atom is 0.243 e. The monoisotopic (exact) mass is 428 g/mol. The average molecular weight is 429 g/mol. The number of nitrogens with one attached hydrogen (secondary N) is 2. The van der Waals surface area contributed by atoms with Crippen LogP contribution in [-0.4, -0.2) is 68.0 Å². The van der Waals surface area contributed by atoms with Gasteiger partial charge in [0, 0.05) is 38.3 Å². The predicted molar refractivity (Wildman–Crippen MR) is 117 cm³/mol. The first-order valence-corrected chi connectivity index (χ1v) is 10.3. The molecule has 1 aliphatic heterocycles. The van der Waals surface area contributed by atoms with Crippen LogP contribution in [0.3, 0.4) is 0 Å². The van der Waals surface area contributed by atoms with Crippen molar-refractivity contribution < 1.29 is 18.7 Å². The van der Waals surface area contributed by atoms with Crippen molar-refractivity contribution in [2.24, 2.45) is 0 Å². The van der Waals surface area contributed by atoms with Gasteiger partial charge in [0.2, 0.25) is 11.8 Å². The summed E-state index contributed by atoms with van der Waals surface area (Å²) in [5, 5.41) is 5.43. The number of aryl methyl sites for hydroxylation is 1. The molecule has 7 nitrogen and oxygen atoms in total. The largest absolute Gasteiger partial charge is 0.495 e. The number of piperazine rings is 1. The summed E-state index contributed by atoms with van der Waals surface area (Å²) in [6.07, 6.45) is 0. The van der Waals surface area contributed by atoms with Gasteiger partial charge < -0.3 is 15.4 Å². The lowest BCUT2D eigenvalue weighted by Gasteiger charge is -2.34. The van der Waals surface area contributed by atoms with Crippen LogP contribution >= 0.6 is 0 Å². The average Bonchev–Trinajstić information content (AvgIpc) is 2.75. The second-order valence-electron chi connectivity index (χ2n) is 7.67. The van der Waals surface area contributed by atoms with E-state index in [1.54, 1.807) is 18.2 Å². The van der Waals surface area contributed by atoms with E-state index in [0.29, 0.717) is 36.6 Å². The van der Waals surface area contributed by atoms with Crippen molar-refractivity contribution in [2.45, 2.75) is 13.5 Å². The molecule has 0 unspecified atom stereocenters. The van der Waals surface area contributed by atoms with E-state index in [9.17, 15) is 14.0 Å². The Morgan fingerprint density at radius 3 is 2.45 bits per heavy atom. The van der Waals surface area contributed by atoms with Crippen LogP contribution in [0.2, 0.25) is 0 Å². The van der Waals surface area contributed by atoms with Gasteiger partial charge in [0.15, 0.2) is 0 Å². The normalized spacial score (nSPS) is 14.8. The zero-order valence-electron chi connectivity index (χ0n) is 18.0. The molecule has 1 heterocycles. The van der Waals surface area contributed by atoms with E-state index in [2.05, 4.69) is 15.5 Å². The summed E-state index contributed by atoms with van der Waals surface area (Å²) in [6, 6.07) is 12.3. The number of hydrogen-bond donors (Lipinski definition) is 2. The Labute approximate surface area is 182 Å². The summed E-state index contributed by atoms with van der Waals surface area (Å²) in [5.74, 6) is -0.134. The highest BCUT2D eigenvalue weighted by Crippen LogP contribution is 2.24. The number of hydrogen-bond acceptors (Lipinski definition) is 5. The van der Waals surface area contributed by atoms with Crippen LogP contribution in [-0.2, 0) is 16.1 Å². The van der Waals surface area contributed by atoms with Crippen LogP contribution < -0.4 is 15.4 Å². The molecule has 2 amide bonds. The van der Waals surface area contributed by atoms with Gasteiger partial charge in [-0.2, -0.15) is 0 Å². The van der Waals surface area contributed by atoms with E-state index in [1.807, 2.05) is 30.0 Å². The number of rotatable bonds is 8. The third kappa shape index (κ3) is 6.77. The van der Waals surface area contributed by atoms with Gasteiger partial charge in [-0.05, 0) is 30.7 Å². The fourth-order valence-corrected chi connectivity index (χ4v) is 3.52. The smallest absolute Gasteiger partial charge is 0.243 e. The molecule has 0 saturated carbocycles. The highest BCUT2D eigenvalue weighted by molar-refractivity contribution is 5.96. The summed E-state index contributed by atoms with van der Waals surface area (Å²) in [4.78, 5) is 28.7. The molecular formula is C23H29FN4O3. The number of carbonyl (C=O) groups is 2. The van der Waals surface area contributed by atoms with E-state index in [4.69, 9.17) is 4.74 Å². The van der Waals surface area contributed by atoms with E-state index in [0.717, 1.165) is 18.7 Å². The Balaban J connectivity index is 1.38. The van der Waals surface area contributed by atoms with Crippen molar-refractivity contribution in [2.75, 3.05) is 51.7 Å². The van der Waals surface area contributed by atoms with Crippen molar-refractivity contribution in [1.29, 1.82) is 0 Å². The molecule has 166 valence electrons. The zero-order valence-corrected chi connectivity index (χ0v) is 18.0. The lowest BCUT2D eigenvalue weighted by molar-refractivity contribution is -0.125. The molecule has 1 saturated heterocycles. The number of anilines is 1. The second kappa shape index (κ2) is 10.9. The Hall–Kier alpha value is -2.97. The highest BCUT2D eigenvalue weighted by Gasteiger charge is 2.20. The molecular weight excluding hydrogens is 399 g/mol. The second-order valence-corrected chi connectivity index (χ2v) is 7.67. The number of halogens is 1. The molecule has 0 atom stereocenters. The molecule has 0 radical (unpaired) electrons. The Bertz CT molecular complexity index is 913. The van der Waals surface area contributed by atoms with Crippen molar-refractivity contribution in [3.63, 3.8) is 0 Å². The maximum absolute atomic E-state index is 13.8. The van der Waals surface area contributed by atoms with Crippen LogP contribution in [0.1, 0.15) is 11.1 Å². The zero-order chi connectivity index (χ0) is 22.2. The van der Waals surface area contributed by atoms with Crippen molar-refractivity contribution in [1.82, 2.24) is 15.1 Å². The van der Waals surface area contributed by atoms with E-state index in [-0.39, 0.29) is 30.7 Å². The topological polar surface area (TPSA) is 73.9 Å². The number of nitrogens with zero attached hydrogens (tertiary/aromatic N) is 2. The summed E-state index contributed by atoms with van der Waals surface area (Å²) in [6.45, 7) is 5.56. The third-order valence-corrected chi connectivity index (χ3v) is 5.26. The molecule has 2 aromatic rings. The molecule has 2 N–H and O–H groups in total. The van der Waals surface area contributed by atoms with E-state index in [1.165, 1.54) is 13.2 Å². The third-order valence-electron chi connectivity index (χ3n) is 5.26. The predicted octanol–water partition coefficient (Wildman–Crippen LogP) is 2.02. The van der Waals surface area contributed by atoms with Crippen molar-refractivity contribution in [3.8, 4) is 5.75 Å². The molecule has 8 heteroatoms. The van der Waals surface area contributed by atoms with Crippen LogP contribution in [0.15, 0.2) is 42.5 Å². The molecule has 0 spiro atoms. The summed E-state index contributed by atoms with van der Waals surface area (Å²) < 4.78 is 19.1. The number of methoxy groups -OCH3 is 1. The van der Waals surface area contributed by atoms with Crippen LogP contribution in [0.25, 0.3) is 0 Å². The van der Waals surface area contributed by atoms with Gasteiger partial charge in [0.05, 0.1) is 25.9 Å². The first kappa shape index (κ1) is 22.7. The summed E-state index contributed by atoms with van der Waals surface area (Å²) >= 11 is 0. The quantitative estimate of drug-likeness (QED) is 0.673. The molecule has 1 aliphatic rings. The van der Waals surface area contributed by atoms with Gasteiger partial charge in [-0.3, -0.25) is 19.4 Å². The SMILES string of the molecule is COc1ccc(C)cc1NC(=O)CNC(=O)CN1CCN(Cc2ccccc2F)CC1. The first-order valence-electron chi connectivity index (χ1n) is 10.3. The lowest BCUT2D eigenvalue weighted by atomic mass is 10.2. The van der Waals surface area contributed by atoms with Gasteiger partial charge in [-0.1, -0.05) is 24.3 Å².